The molecule has 0 radical (unpaired) electrons. The number of carboxylic acid groups (broad SMARTS) is 1. The Balaban J connectivity index is 3.13. The molecule has 0 aliphatic rings. The Bertz CT molecular complexity index is 91.5. The first kappa shape index (κ1) is 4.76. The molecule has 0 heterocycles. The van der Waals surface area contributed by atoms with Gasteiger partial charge in [0.05, 0.1) is 0 Å². The summed E-state index contributed by atoms with van der Waals surface area (Å²) in [5.41, 5.74) is 0. The maximum absolute atomic E-state index is 9.16. The molecule has 0 aliphatic heterocycles. The van der Waals surface area contributed by atoms with Crippen LogP contribution in [0.25, 0.3) is 5.01 Å². The number of rotatable bonds is 0. The second-order valence-electron chi connectivity index (χ2n) is 0.448. The van der Waals surface area contributed by atoms with E-state index in [1.165, 1.54) is 0 Å². The monoisotopic (exact) mass is 87.0 g/mol. The van der Waals surface area contributed by atoms with E-state index in [4.69, 9.17) is 16.5 Å². The lowest BCUT2D eigenvalue weighted by Crippen LogP contribution is -1.88. The van der Waals surface area contributed by atoms with Crippen molar-refractivity contribution in [2.45, 2.75) is 0 Å². The van der Waals surface area contributed by atoms with Gasteiger partial charge in [-0.3, -0.25) is 0 Å². The molecule has 0 atom stereocenters. The third kappa shape index (κ3) is 2.76. The van der Waals surface area contributed by atoms with Crippen molar-refractivity contribution < 1.29 is 14.7 Å². The van der Waals surface area contributed by atoms with Crippen molar-refractivity contribution in [1.29, 1.82) is 0 Å². The molecule has 0 fully saturated rings. The first-order valence-electron chi connectivity index (χ1n) is 1.04. The van der Waals surface area contributed by atoms with E-state index in [0.717, 1.165) is 0 Å². The third-order valence-corrected chi connectivity index (χ3v) is 0.124. The Morgan fingerprint density at radius 3 is 2.50 bits per heavy atom. The van der Waals surface area contributed by atoms with Crippen LogP contribution in [0.3, 0.4) is 0 Å². The number of hydrogen-bond acceptors (Lipinski definition) is 2. The quantitative estimate of drug-likeness (QED) is 0.346. The van der Waals surface area contributed by atoms with Gasteiger partial charge in [-0.05, 0) is 5.01 Å². The van der Waals surface area contributed by atoms with Gasteiger partial charge in [0, 0.05) is 0 Å². The van der Waals surface area contributed by atoms with Crippen LogP contribution in [0.4, 0.5) is 4.79 Å². The van der Waals surface area contributed by atoms with Crippen molar-refractivity contribution in [2.75, 3.05) is 0 Å². The smallest absolute Gasteiger partial charge is 0.445 e. The zero-order chi connectivity index (χ0) is 4.99. The molecule has 0 unspecified atom stereocenters. The highest BCUT2D eigenvalue weighted by Gasteiger charge is 1.93. The van der Waals surface area contributed by atoms with Crippen LogP contribution in [-0.2, 0) is 4.84 Å². The molecule has 0 bridgehead atoms. The van der Waals surface area contributed by atoms with Gasteiger partial charge >= 0.3 is 6.16 Å². The lowest BCUT2D eigenvalue weighted by molar-refractivity contribution is 0.126. The normalized spacial score (nSPS) is 5.83. The van der Waals surface area contributed by atoms with Gasteiger partial charge in [-0.25, -0.2) is 0 Å². The summed E-state index contributed by atoms with van der Waals surface area (Å²) in [6.07, 6.45) is -1.56. The molecule has 0 saturated carbocycles. The van der Waals surface area contributed by atoms with Crippen LogP contribution in [0, 0.1) is 6.57 Å². The average Bonchev–Trinajstić information content (AvgIpc) is 1.35. The third-order valence-electron chi connectivity index (χ3n) is 0.124. The molecule has 0 aromatic carbocycles. The predicted molar refractivity (Wildman–Crippen MR) is 15.7 cm³/mol. The summed E-state index contributed by atoms with van der Waals surface area (Å²) in [5.74, 6) is 0. The molecule has 0 saturated heterocycles. The molecule has 4 nitrogen and oxygen atoms in total. The van der Waals surface area contributed by atoms with Gasteiger partial charge in [0.2, 0.25) is 0 Å². The van der Waals surface area contributed by atoms with Crippen molar-refractivity contribution >= 4 is 6.16 Å². The lowest BCUT2D eigenvalue weighted by atomic mass is 11.4. The Morgan fingerprint density at radius 1 is 2.00 bits per heavy atom. The minimum Gasteiger partial charge on any atom is -0.445 e. The maximum Gasteiger partial charge on any atom is 0.585 e. The minimum absolute atomic E-state index is 1.56. The molecule has 0 amide bonds. The van der Waals surface area contributed by atoms with E-state index < -0.39 is 6.16 Å². The number of hydrogen-bond donors (Lipinski definition) is 1. The summed E-state index contributed by atoms with van der Waals surface area (Å²) in [5, 5.41) is 9.56. The summed E-state index contributed by atoms with van der Waals surface area (Å²) in [6.45, 7) is 5.76. The zero-order valence-electron chi connectivity index (χ0n) is 2.71. The Hall–Kier alpha value is -1.24. The fourth-order valence-corrected chi connectivity index (χ4v) is 0.0390. The standard InChI is InChI=1S/C2HNO3/c1-3-6-2(4)5/h(H,4,5). The molecule has 6 heavy (non-hydrogen) atoms. The van der Waals surface area contributed by atoms with E-state index in [1.807, 2.05) is 0 Å². The molecule has 0 aromatic rings. The van der Waals surface area contributed by atoms with E-state index in [1.54, 1.807) is 0 Å². The average molecular weight is 87.0 g/mol. The van der Waals surface area contributed by atoms with Gasteiger partial charge in [-0.1, -0.05) is 4.84 Å². The molecule has 4 heteroatoms. The number of carbonyl (C=O) groups is 1. The van der Waals surface area contributed by atoms with Crippen molar-refractivity contribution in [3.05, 3.63) is 11.6 Å². The largest absolute Gasteiger partial charge is 0.585 e. The van der Waals surface area contributed by atoms with Crippen molar-refractivity contribution in [2.24, 2.45) is 0 Å². The fraction of sp³-hybridized carbons (Fsp3) is 0. The lowest BCUT2D eigenvalue weighted by Gasteiger charge is -1.67. The maximum atomic E-state index is 9.16. The van der Waals surface area contributed by atoms with Crippen LogP contribution < -0.4 is 0 Å². The van der Waals surface area contributed by atoms with E-state index >= 15 is 0 Å². The second-order valence-corrected chi connectivity index (χ2v) is 0.448. The van der Waals surface area contributed by atoms with Crippen LogP contribution in [0.2, 0.25) is 0 Å². The first-order valence-corrected chi connectivity index (χ1v) is 1.04. The van der Waals surface area contributed by atoms with E-state index in [9.17, 15) is 0 Å². The van der Waals surface area contributed by atoms with E-state index in [-0.39, 0.29) is 0 Å². The number of nitrogens with zero attached hydrogens (tertiary/aromatic N) is 1. The molecule has 0 rings (SSSR count). The SMILES string of the molecule is [C-]#[N+]OC(=O)O. The van der Waals surface area contributed by atoms with Crippen LogP contribution in [0.5, 0.6) is 0 Å². The summed E-state index contributed by atoms with van der Waals surface area (Å²) in [6, 6.07) is 0. The summed E-state index contributed by atoms with van der Waals surface area (Å²) < 4.78 is 0. The molecular formula is C2HNO3. The van der Waals surface area contributed by atoms with Gasteiger partial charge in [0.15, 0.2) is 0 Å². The molecule has 0 spiro atoms. The molecular weight excluding hydrogens is 86.0 g/mol. The van der Waals surface area contributed by atoms with E-state index in [2.05, 4.69) is 9.85 Å². The van der Waals surface area contributed by atoms with Gasteiger partial charge in [0.25, 0.3) is 0 Å². The van der Waals surface area contributed by atoms with Crippen LogP contribution in [-0.4, -0.2) is 11.3 Å². The summed E-state index contributed by atoms with van der Waals surface area (Å²) >= 11 is 0. The predicted octanol–water partition coefficient (Wildman–Crippen LogP) is 0.515. The van der Waals surface area contributed by atoms with E-state index in [0.29, 0.717) is 0 Å². The van der Waals surface area contributed by atoms with Crippen molar-refractivity contribution in [3.63, 3.8) is 0 Å². The van der Waals surface area contributed by atoms with Gasteiger partial charge in [0.1, 0.15) is 0 Å². The summed E-state index contributed by atoms with van der Waals surface area (Å²) in [4.78, 5) is 12.4. The van der Waals surface area contributed by atoms with Gasteiger partial charge < -0.3 is 5.11 Å². The highest BCUT2D eigenvalue weighted by atomic mass is 16.7. The van der Waals surface area contributed by atoms with Crippen molar-refractivity contribution in [3.8, 4) is 0 Å². The van der Waals surface area contributed by atoms with Gasteiger partial charge in [-0.15, -0.1) is 0 Å². The Labute approximate surface area is 33.7 Å². The Kier molecular flexibility index (Phi) is 1.61. The molecule has 32 valence electrons. The van der Waals surface area contributed by atoms with Crippen LogP contribution in [0.15, 0.2) is 0 Å². The first-order chi connectivity index (χ1) is 2.77. The highest BCUT2D eigenvalue weighted by molar-refractivity contribution is 5.57. The van der Waals surface area contributed by atoms with Gasteiger partial charge in [-0.2, -0.15) is 11.4 Å². The van der Waals surface area contributed by atoms with Crippen LogP contribution in [0.1, 0.15) is 0 Å². The van der Waals surface area contributed by atoms with Crippen LogP contribution >= 0.6 is 0 Å². The fourth-order valence-electron chi connectivity index (χ4n) is 0.0390. The minimum atomic E-state index is -1.56. The highest BCUT2D eigenvalue weighted by Crippen LogP contribution is 1.70. The van der Waals surface area contributed by atoms with Crippen molar-refractivity contribution in [1.82, 2.24) is 0 Å². The Morgan fingerprint density at radius 2 is 2.50 bits per heavy atom. The second kappa shape index (κ2) is 2.03. The topological polar surface area (TPSA) is 50.9 Å². The molecule has 1 N–H and O–H groups in total. The molecule has 0 aromatic heterocycles. The summed E-state index contributed by atoms with van der Waals surface area (Å²) in [7, 11) is 0. The molecule has 0 aliphatic carbocycles. The zero-order valence-corrected chi connectivity index (χ0v) is 2.71.